The quantitative estimate of drug-likeness (QED) is 0.465. The van der Waals surface area contributed by atoms with Gasteiger partial charge in [0.25, 0.3) is 0 Å². The van der Waals surface area contributed by atoms with Gasteiger partial charge in [0.05, 0.1) is 24.7 Å². The van der Waals surface area contributed by atoms with Crippen molar-refractivity contribution in [2.24, 2.45) is 5.41 Å². The Balaban J connectivity index is 1.88. The zero-order chi connectivity index (χ0) is 24.6. The number of benzene rings is 1. The van der Waals surface area contributed by atoms with Crippen LogP contribution in [-0.2, 0) is 24.5 Å². The molecule has 1 aromatic rings. The molecule has 0 bridgehead atoms. The van der Waals surface area contributed by atoms with Crippen LogP contribution in [0.5, 0.6) is 5.75 Å². The molecule has 1 spiro atoms. The third kappa shape index (κ3) is 2.61. The number of hydrogen-bond acceptors (Lipinski definition) is 8. The third-order valence-corrected chi connectivity index (χ3v) is 9.30. The first kappa shape index (κ1) is 23.6. The molecule has 1 aliphatic carbocycles. The van der Waals surface area contributed by atoms with Crippen LogP contribution >= 0.6 is 15.9 Å². The number of aliphatic hydroxyl groups is 1. The number of hydrogen-bond donors (Lipinski definition) is 1. The van der Waals surface area contributed by atoms with Crippen molar-refractivity contribution in [3.05, 3.63) is 34.3 Å². The average molecular weight is 535 g/mol. The molecule has 6 atom stereocenters. The largest absolute Gasteiger partial charge is 0.495 e. The van der Waals surface area contributed by atoms with Crippen LogP contribution in [0.3, 0.4) is 0 Å². The smallest absolute Gasteiger partial charge is 0.344 e. The van der Waals surface area contributed by atoms with Crippen molar-refractivity contribution in [1.82, 2.24) is 4.90 Å². The summed E-state index contributed by atoms with van der Waals surface area (Å²) in [4.78, 5) is 30.3. The van der Waals surface area contributed by atoms with Crippen LogP contribution in [0, 0.1) is 5.41 Å². The van der Waals surface area contributed by atoms with Gasteiger partial charge in [-0.05, 0) is 46.9 Å². The first-order chi connectivity index (χ1) is 16.1. The number of halogens is 1. The van der Waals surface area contributed by atoms with Gasteiger partial charge in [0.15, 0.2) is 6.10 Å². The lowest BCUT2D eigenvalue weighted by Gasteiger charge is -2.63. The number of fused-ring (bicyclic) bond motifs is 1. The highest BCUT2D eigenvalue weighted by atomic mass is 79.9. The van der Waals surface area contributed by atoms with Gasteiger partial charge in [0, 0.05) is 49.1 Å². The monoisotopic (exact) mass is 534 g/mol. The summed E-state index contributed by atoms with van der Waals surface area (Å²) in [5, 5.41) is 12.5. The Morgan fingerprint density at radius 2 is 2.00 bits per heavy atom. The van der Waals surface area contributed by atoms with Gasteiger partial charge in [-0.25, -0.2) is 4.79 Å². The number of esters is 2. The summed E-state index contributed by atoms with van der Waals surface area (Å²) < 4.78 is 17.5. The first-order valence-corrected chi connectivity index (χ1v) is 12.4. The molecule has 8 nitrogen and oxygen atoms in total. The Labute approximate surface area is 207 Å². The molecule has 4 aliphatic rings. The minimum atomic E-state index is -2.10. The average Bonchev–Trinajstić information content (AvgIpc) is 3.32. The van der Waals surface area contributed by atoms with Gasteiger partial charge in [0.1, 0.15) is 5.75 Å². The molecule has 184 valence electrons. The topological polar surface area (TPSA) is 88.5 Å². The van der Waals surface area contributed by atoms with Crippen molar-refractivity contribution in [3.63, 3.8) is 0 Å². The van der Waals surface area contributed by atoms with Crippen LogP contribution in [0.4, 0.5) is 5.69 Å². The Hall–Kier alpha value is -2.10. The molecule has 0 radical (unpaired) electrons. The van der Waals surface area contributed by atoms with E-state index in [1.165, 1.54) is 14.0 Å². The Morgan fingerprint density at radius 1 is 1.26 bits per heavy atom. The lowest BCUT2D eigenvalue weighted by molar-refractivity contribution is -0.228. The highest BCUT2D eigenvalue weighted by molar-refractivity contribution is 9.10. The van der Waals surface area contributed by atoms with E-state index in [9.17, 15) is 14.7 Å². The van der Waals surface area contributed by atoms with Gasteiger partial charge in [-0.2, -0.15) is 0 Å². The molecule has 0 unspecified atom stereocenters. The standard InChI is InChI=1S/C25H31BrN2O6/c1-6-23-8-7-10-28-11-9-24(19(23)28)15-12-16(26)18(32-4)13-17(15)27(3)20(24)25(31,22(30)33-5)21(23)34-14(2)29/h7-8,12-13,19-21,31H,6,9-11H2,1-5H3/t19-,20-,21-,23+,24-,25+/m0/s1. The van der Waals surface area contributed by atoms with Crippen LogP contribution in [0.1, 0.15) is 32.3 Å². The van der Waals surface area contributed by atoms with E-state index in [4.69, 9.17) is 14.2 Å². The molecule has 1 aromatic carbocycles. The molecule has 9 heteroatoms. The predicted octanol–water partition coefficient (Wildman–Crippen LogP) is 2.40. The van der Waals surface area contributed by atoms with Crippen molar-refractivity contribution >= 4 is 33.6 Å². The van der Waals surface area contributed by atoms with Crippen molar-refractivity contribution in [2.45, 2.75) is 55.9 Å². The minimum absolute atomic E-state index is 0.0849. The summed E-state index contributed by atoms with van der Waals surface area (Å²) in [5.41, 5.74) is -1.54. The van der Waals surface area contributed by atoms with Gasteiger partial charge >= 0.3 is 11.9 Å². The maximum absolute atomic E-state index is 13.6. The number of carbonyl (C=O) groups is 2. The minimum Gasteiger partial charge on any atom is -0.495 e. The predicted molar refractivity (Wildman–Crippen MR) is 129 cm³/mol. The van der Waals surface area contributed by atoms with Crippen molar-refractivity contribution in [3.8, 4) is 5.75 Å². The van der Waals surface area contributed by atoms with Gasteiger partial charge in [-0.15, -0.1) is 0 Å². The van der Waals surface area contributed by atoms with Gasteiger partial charge < -0.3 is 24.2 Å². The zero-order valence-electron chi connectivity index (χ0n) is 20.1. The second-order valence-electron chi connectivity index (χ2n) is 9.88. The molecule has 1 N–H and O–H groups in total. The number of nitrogens with zero attached hydrogens (tertiary/aromatic N) is 2. The lowest BCUT2D eigenvalue weighted by atomic mass is 9.47. The van der Waals surface area contributed by atoms with E-state index in [2.05, 4.69) is 39.0 Å². The summed E-state index contributed by atoms with van der Waals surface area (Å²) in [6.07, 6.45) is 4.34. The molecular formula is C25H31BrN2O6. The number of likely N-dealkylation sites (N-methyl/N-ethyl adjacent to an activating group) is 1. The molecule has 0 aromatic heterocycles. The summed E-state index contributed by atoms with van der Waals surface area (Å²) >= 11 is 3.65. The maximum Gasteiger partial charge on any atom is 0.344 e. The number of anilines is 1. The molecule has 34 heavy (non-hydrogen) atoms. The Bertz CT molecular complexity index is 1090. The highest BCUT2D eigenvalue weighted by Gasteiger charge is 2.80. The van der Waals surface area contributed by atoms with Crippen LogP contribution in [0.2, 0.25) is 0 Å². The zero-order valence-corrected chi connectivity index (χ0v) is 21.7. The molecule has 1 saturated heterocycles. The normalized spacial score (nSPS) is 37.6. The van der Waals surface area contributed by atoms with Crippen molar-refractivity contribution < 1.29 is 28.9 Å². The molecule has 3 heterocycles. The van der Waals surface area contributed by atoms with Gasteiger partial charge in [-0.3, -0.25) is 9.69 Å². The number of rotatable bonds is 4. The van der Waals surface area contributed by atoms with Crippen LogP contribution in [0.15, 0.2) is 28.8 Å². The van der Waals surface area contributed by atoms with Crippen molar-refractivity contribution in [2.75, 3.05) is 39.3 Å². The molecule has 0 amide bonds. The molecule has 1 saturated carbocycles. The van der Waals surface area contributed by atoms with Crippen LogP contribution < -0.4 is 9.64 Å². The fourth-order valence-corrected chi connectivity index (χ4v) is 8.22. The summed E-state index contributed by atoms with van der Waals surface area (Å²) in [5.74, 6) is -0.671. The summed E-state index contributed by atoms with van der Waals surface area (Å²) in [7, 11) is 4.76. The summed E-state index contributed by atoms with van der Waals surface area (Å²) in [6.45, 7) is 4.91. The SMILES string of the molecule is CC[C@]12C=CCN3CC[C@]4(c5cc(Br)c(OC)cc5N(C)[C@@H]4[C@](O)(C(=O)OC)[C@H]1OC(C)=O)[C@@H]32. The van der Waals surface area contributed by atoms with Crippen molar-refractivity contribution in [1.29, 1.82) is 0 Å². The Kier molecular flexibility index (Phi) is 5.35. The maximum atomic E-state index is 13.6. The van der Waals surface area contributed by atoms with E-state index >= 15 is 0 Å². The fraction of sp³-hybridized carbons (Fsp3) is 0.600. The van der Waals surface area contributed by atoms with E-state index in [-0.39, 0.29) is 6.04 Å². The number of methoxy groups -OCH3 is 2. The highest BCUT2D eigenvalue weighted by Crippen LogP contribution is 2.67. The second kappa shape index (κ2) is 7.70. The molecule has 3 aliphatic heterocycles. The second-order valence-corrected chi connectivity index (χ2v) is 10.7. The van der Waals surface area contributed by atoms with E-state index in [0.29, 0.717) is 12.2 Å². The van der Waals surface area contributed by atoms with E-state index in [0.717, 1.165) is 35.2 Å². The fourth-order valence-electron chi connectivity index (χ4n) is 7.71. The van der Waals surface area contributed by atoms with Crippen LogP contribution in [0.25, 0.3) is 0 Å². The molecule has 2 fully saturated rings. The van der Waals surface area contributed by atoms with E-state index in [1.807, 2.05) is 24.9 Å². The third-order valence-electron chi connectivity index (χ3n) is 8.68. The van der Waals surface area contributed by atoms with E-state index < -0.39 is 40.5 Å². The van der Waals surface area contributed by atoms with E-state index in [1.54, 1.807) is 7.11 Å². The number of carbonyl (C=O) groups excluding carboxylic acids is 2. The molecular weight excluding hydrogens is 504 g/mol. The number of ether oxygens (including phenoxy) is 3. The Morgan fingerprint density at radius 3 is 2.62 bits per heavy atom. The van der Waals surface area contributed by atoms with Gasteiger partial charge in [0.2, 0.25) is 5.60 Å². The lowest BCUT2D eigenvalue weighted by Crippen LogP contribution is -2.81. The van der Waals surface area contributed by atoms with Crippen LogP contribution in [-0.4, -0.2) is 80.1 Å². The molecule has 5 rings (SSSR count). The summed E-state index contributed by atoms with van der Waals surface area (Å²) in [6, 6.07) is 3.22. The first-order valence-electron chi connectivity index (χ1n) is 11.6. The van der Waals surface area contributed by atoms with Gasteiger partial charge in [-0.1, -0.05) is 19.1 Å².